The Hall–Kier alpha value is -4.31. The number of halogens is 1. The normalized spacial score (nSPS) is 15.5. The van der Waals surface area contributed by atoms with Crippen LogP contribution in [0.3, 0.4) is 0 Å². The number of nitrogen functional groups attached to an aromatic ring is 1. The molecule has 0 fully saturated rings. The van der Waals surface area contributed by atoms with Gasteiger partial charge in [0, 0.05) is 41.1 Å². The Morgan fingerprint density at radius 1 is 1.27 bits per heavy atom. The first-order valence-corrected chi connectivity index (χ1v) is 12.2. The number of nitrogens with one attached hydrogen (secondary N) is 3. The van der Waals surface area contributed by atoms with Crippen LogP contribution >= 0.6 is 11.6 Å². The molecule has 3 heterocycles. The Kier molecular flexibility index (Phi) is 6.58. The minimum Gasteiger partial charge on any atom is -0.421 e. The summed E-state index contributed by atoms with van der Waals surface area (Å²) in [5, 5.41) is 14.0. The highest BCUT2D eigenvalue weighted by Crippen LogP contribution is 2.35. The molecular formula is C26H27ClN8O2. The molecule has 5 N–H and O–H groups in total. The summed E-state index contributed by atoms with van der Waals surface area (Å²) in [5.74, 6) is 0.110. The number of nitrogens with two attached hydrogens (primary N) is 1. The van der Waals surface area contributed by atoms with Crippen molar-refractivity contribution in [3.63, 3.8) is 0 Å². The minimum atomic E-state index is -0.662. The number of hydrogen-bond acceptors (Lipinski definition) is 8. The summed E-state index contributed by atoms with van der Waals surface area (Å²) in [6.45, 7) is 6.88. The number of fused-ring (bicyclic) bond motifs is 1. The van der Waals surface area contributed by atoms with Gasteiger partial charge in [-0.25, -0.2) is 4.99 Å². The summed E-state index contributed by atoms with van der Waals surface area (Å²) in [6.07, 6.45) is 3.65. The number of benzene rings is 2. The van der Waals surface area contributed by atoms with Gasteiger partial charge in [-0.15, -0.1) is 0 Å². The van der Waals surface area contributed by atoms with E-state index in [9.17, 15) is 4.79 Å². The van der Waals surface area contributed by atoms with E-state index in [1.165, 1.54) is 0 Å². The standard InChI is InChI=1S/C26H27ClN8O2/c1-4-35-13-16(12-30-35)11-29-24(36)21-15(3)31-25(33-22(21)17-9-8-14(2)10-18(17)27)34-26-32-20-7-5-6-19(28)23(20)37-26/h5-10,12-13,22H,4,11,28H2,1-3H3,(H,29,36)(H2,31,32,33,34). The van der Waals surface area contributed by atoms with E-state index in [1.807, 2.05) is 55.9 Å². The Bertz CT molecular complexity index is 1550. The average molecular weight is 519 g/mol. The molecule has 0 saturated carbocycles. The van der Waals surface area contributed by atoms with Crippen LogP contribution < -0.4 is 21.7 Å². The third-order valence-corrected chi connectivity index (χ3v) is 6.40. The van der Waals surface area contributed by atoms with Crippen molar-refractivity contribution in [1.29, 1.82) is 0 Å². The topological polar surface area (TPSA) is 135 Å². The fraction of sp³-hybridized carbons (Fsp3) is 0.231. The lowest BCUT2D eigenvalue weighted by Gasteiger charge is -2.27. The van der Waals surface area contributed by atoms with Gasteiger partial charge in [0.25, 0.3) is 5.91 Å². The minimum absolute atomic E-state index is 0.224. The Morgan fingerprint density at radius 3 is 2.84 bits per heavy atom. The maximum absolute atomic E-state index is 13.4. The second-order valence-electron chi connectivity index (χ2n) is 8.80. The molecule has 0 saturated heterocycles. The number of nitrogens with zero attached hydrogens (tertiary/aromatic N) is 4. The monoisotopic (exact) mass is 518 g/mol. The van der Waals surface area contributed by atoms with E-state index in [-0.39, 0.29) is 11.9 Å². The fourth-order valence-corrected chi connectivity index (χ4v) is 4.52. The molecule has 10 nitrogen and oxygen atoms in total. The van der Waals surface area contributed by atoms with Gasteiger partial charge in [-0.1, -0.05) is 29.8 Å². The molecule has 1 atom stereocenters. The number of allylic oxidation sites excluding steroid dienone is 1. The molecule has 1 unspecified atom stereocenters. The van der Waals surface area contributed by atoms with E-state index >= 15 is 0 Å². The number of aliphatic imine (C=N–C) groups is 1. The van der Waals surface area contributed by atoms with Crippen LogP contribution in [0.1, 0.15) is 36.6 Å². The number of hydrogen-bond donors (Lipinski definition) is 4. The van der Waals surface area contributed by atoms with Gasteiger partial charge >= 0.3 is 6.01 Å². The smallest absolute Gasteiger partial charge is 0.302 e. The molecule has 0 bridgehead atoms. The van der Waals surface area contributed by atoms with Gasteiger partial charge in [-0.05, 0) is 44.5 Å². The Morgan fingerprint density at radius 2 is 2.11 bits per heavy atom. The second-order valence-corrected chi connectivity index (χ2v) is 9.20. The summed E-state index contributed by atoms with van der Waals surface area (Å²) in [6, 6.07) is 10.6. The van der Waals surface area contributed by atoms with Crippen LogP contribution in [-0.2, 0) is 17.9 Å². The van der Waals surface area contributed by atoms with E-state index < -0.39 is 6.04 Å². The SMILES string of the molecule is CCn1cc(CNC(=O)C2=C(C)NC(Nc3nc4cccc(N)c4o3)=NC2c2ccc(C)cc2Cl)cn1. The predicted octanol–water partition coefficient (Wildman–Crippen LogP) is 4.29. The van der Waals surface area contributed by atoms with Gasteiger partial charge in [0.1, 0.15) is 11.6 Å². The zero-order chi connectivity index (χ0) is 26.1. The first kappa shape index (κ1) is 24.4. The summed E-state index contributed by atoms with van der Waals surface area (Å²) in [7, 11) is 0. The highest BCUT2D eigenvalue weighted by molar-refractivity contribution is 6.31. The summed E-state index contributed by atoms with van der Waals surface area (Å²) < 4.78 is 7.60. The average Bonchev–Trinajstić information content (AvgIpc) is 3.49. The van der Waals surface area contributed by atoms with Crippen LogP contribution in [0, 0.1) is 6.92 Å². The zero-order valence-corrected chi connectivity index (χ0v) is 21.4. The fourth-order valence-electron chi connectivity index (χ4n) is 4.19. The molecule has 2 aromatic heterocycles. The van der Waals surface area contributed by atoms with Crippen LogP contribution in [0.15, 0.2) is 69.5 Å². The lowest BCUT2D eigenvalue weighted by Crippen LogP contribution is -2.39. The molecule has 0 radical (unpaired) electrons. The van der Waals surface area contributed by atoms with E-state index in [4.69, 9.17) is 26.7 Å². The molecule has 1 amide bonds. The largest absolute Gasteiger partial charge is 0.421 e. The van der Waals surface area contributed by atoms with Crippen molar-refractivity contribution in [2.45, 2.75) is 39.9 Å². The van der Waals surface area contributed by atoms with E-state index in [0.717, 1.165) is 17.7 Å². The molecular weight excluding hydrogens is 492 g/mol. The number of aryl methyl sites for hydroxylation is 2. The van der Waals surface area contributed by atoms with Gasteiger partial charge in [-0.2, -0.15) is 10.1 Å². The van der Waals surface area contributed by atoms with Crippen LogP contribution in [0.2, 0.25) is 5.02 Å². The number of amides is 1. The molecule has 11 heteroatoms. The van der Waals surface area contributed by atoms with E-state index in [2.05, 4.69) is 26.0 Å². The van der Waals surface area contributed by atoms with Crippen LogP contribution in [0.5, 0.6) is 0 Å². The Balaban J connectivity index is 1.45. The number of carbonyl (C=O) groups excluding carboxylic acids is 1. The van der Waals surface area contributed by atoms with Crippen molar-refractivity contribution in [2.24, 2.45) is 4.99 Å². The van der Waals surface area contributed by atoms with Crippen molar-refractivity contribution in [3.05, 3.63) is 81.8 Å². The Labute approximate surface area is 218 Å². The van der Waals surface area contributed by atoms with Crippen molar-refractivity contribution < 1.29 is 9.21 Å². The lowest BCUT2D eigenvalue weighted by molar-refractivity contribution is -0.118. The maximum Gasteiger partial charge on any atom is 0.302 e. The first-order chi connectivity index (χ1) is 17.8. The molecule has 1 aliphatic rings. The highest BCUT2D eigenvalue weighted by Gasteiger charge is 2.31. The highest BCUT2D eigenvalue weighted by atomic mass is 35.5. The van der Waals surface area contributed by atoms with Crippen molar-refractivity contribution in [1.82, 2.24) is 25.4 Å². The molecule has 0 aliphatic carbocycles. The van der Waals surface area contributed by atoms with Crippen molar-refractivity contribution in [3.8, 4) is 0 Å². The molecule has 190 valence electrons. The van der Waals surface area contributed by atoms with Crippen molar-refractivity contribution in [2.75, 3.05) is 11.1 Å². The quantitative estimate of drug-likeness (QED) is 0.279. The molecule has 1 aliphatic heterocycles. The van der Waals surface area contributed by atoms with Crippen LogP contribution in [-0.4, -0.2) is 26.6 Å². The third kappa shape index (κ3) is 5.01. The molecule has 0 spiro atoms. The number of guanidine groups is 1. The van der Waals surface area contributed by atoms with E-state index in [1.54, 1.807) is 18.3 Å². The van der Waals surface area contributed by atoms with Gasteiger partial charge in [0.05, 0.1) is 17.5 Å². The predicted molar refractivity (Wildman–Crippen MR) is 144 cm³/mol. The number of para-hydroxylation sites is 1. The number of carbonyl (C=O) groups is 1. The molecule has 37 heavy (non-hydrogen) atoms. The maximum atomic E-state index is 13.4. The number of aromatic nitrogens is 3. The van der Waals surface area contributed by atoms with Gasteiger partial charge < -0.3 is 20.8 Å². The molecule has 5 rings (SSSR count). The summed E-state index contributed by atoms with van der Waals surface area (Å²) in [4.78, 5) is 22.7. The van der Waals surface area contributed by atoms with Gasteiger partial charge in [-0.3, -0.25) is 14.8 Å². The third-order valence-electron chi connectivity index (χ3n) is 6.07. The molecule has 4 aromatic rings. The summed E-state index contributed by atoms with van der Waals surface area (Å²) in [5.41, 5.74) is 11.3. The number of rotatable bonds is 6. The van der Waals surface area contributed by atoms with Gasteiger partial charge in [0.15, 0.2) is 5.58 Å². The van der Waals surface area contributed by atoms with Crippen molar-refractivity contribution >= 4 is 46.3 Å². The van der Waals surface area contributed by atoms with E-state index in [0.29, 0.717) is 51.1 Å². The summed E-state index contributed by atoms with van der Waals surface area (Å²) >= 11 is 6.63. The van der Waals surface area contributed by atoms with Crippen LogP contribution in [0.25, 0.3) is 11.1 Å². The second kappa shape index (κ2) is 9.98. The lowest BCUT2D eigenvalue weighted by atomic mass is 9.95. The van der Waals surface area contributed by atoms with Gasteiger partial charge in [0.2, 0.25) is 5.96 Å². The number of oxazole rings is 1. The first-order valence-electron chi connectivity index (χ1n) is 11.9. The van der Waals surface area contributed by atoms with Crippen LogP contribution in [0.4, 0.5) is 11.7 Å². The number of anilines is 2. The zero-order valence-electron chi connectivity index (χ0n) is 20.7. The molecule has 2 aromatic carbocycles.